The first kappa shape index (κ1) is 24.1. The lowest BCUT2D eigenvalue weighted by molar-refractivity contribution is 0.102. The molecule has 1 aliphatic rings. The molecule has 3 aromatic carbocycles. The summed E-state index contributed by atoms with van der Waals surface area (Å²) in [6.45, 7) is 2.42. The molecule has 0 radical (unpaired) electrons. The molecular formula is C26H25ClN2O4S. The van der Waals surface area contributed by atoms with Crippen LogP contribution >= 0.6 is 11.6 Å². The Morgan fingerprint density at radius 2 is 1.65 bits per heavy atom. The first-order valence-corrected chi connectivity index (χ1v) is 12.9. The molecule has 0 aliphatic carbocycles. The Morgan fingerprint density at radius 1 is 0.941 bits per heavy atom. The molecule has 4 rings (SSSR count). The molecule has 1 aliphatic heterocycles. The van der Waals surface area contributed by atoms with Crippen LogP contribution in [0.4, 0.5) is 5.69 Å². The van der Waals surface area contributed by atoms with Gasteiger partial charge in [-0.25, -0.2) is 8.42 Å². The number of nitrogens with one attached hydrogen (secondary N) is 1. The quantitative estimate of drug-likeness (QED) is 0.464. The molecule has 8 heteroatoms. The van der Waals surface area contributed by atoms with Crippen LogP contribution in [0.1, 0.15) is 52.5 Å². The Labute approximate surface area is 204 Å². The zero-order valence-electron chi connectivity index (χ0n) is 18.7. The largest absolute Gasteiger partial charge is 0.321 e. The fourth-order valence-corrected chi connectivity index (χ4v) is 5.97. The van der Waals surface area contributed by atoms with Gasteiger partial charge in [-0.2, -0.15) is 4.31 Å². The SMILES string of the molecule is CC1CCCCN1S(=O)(=O)c1ccc(C(=O)Nc2ccc(Cl)cc2C(=O)c2ccccc2)cc1. The van der Waals surface area contributed by atoms with Gasteiger partial charge in [-0.15, -0.1) is 0 Å². The molecule has 1 N–H and O–H groups in total. The molecule has 1 heterocycles. The molecule has 34 heavy (non-hydrogen) atoms. The molecule has 1 atom stereocenters. The van der Waals surface area contributed by atoms with Gasteiger partial charge in [-0.1, -0.05) is 48.4 Å². The van der Waals surface area contributed by atoms with E-state index >= 15 is 0 Å². The predicted molar refractivity (Wildman–Crippen MR) is 133 cm³/mol. The summed E-state index contributed by atoms with van der Waals surface area (Å²) in [6, 6.07) is 19.2. The van der Waals surface area contributed by atoms with E-state index in [4.69, 9.17) is 11.6 Å². The number of ketones is 1. The lowest BCUT2D eigenvalue weighted by Gasteiger charge is -2.32. The Balaban J connectivity index is 1.55. The maximum Gasteiger partial charge on any atom is 0.255 e. The zero-order valence-corrected chi connectivity index (χ0v) is 20.3. The monoisotopic (exact) mass is 496 g/mol. The summed E-state index contributed by atoms with van der Waals surface area (Å²) in [4.78, 5) is 26.1. The lowest BCUT2D eigenvalue weighted by Crippen LogP contribution is -2.41. The summed E-state index contributed by atoms with van der Waals surface area (Å²) in [5.41, 5.74) is 1.34. The van der Waals surface area contributed by atoms with Crippen LogP contribution in [0.3, 0.4) is 0 Å². The molecule has 1 fully saturated rings. The van der Waals surface area contributed by atoms with E-state index in [2.05, 4.69) is 5.32 Å². The van der Waals surface area contributed by atoms with Crippen molar-refractivity contribution in [3.05, 3.63) is 94.5 Å². The highest BCUT2D eigenvalue weighted by molar-refractivity contribution is 7.89. The maximum atomic E-state index is 13.0. The average molecular weight is 497 g/mol. The summed E-state index contributed by atoms with van der Waals surface area (Å²) in [7, 11) is -3.62. The van der Waals surface area contributed by atoms with Crippen LogP contribution < -0.4 is 5.32 Å². The zero-order chi connectivity index (χ0) is 24.3. The summed E-state index contributed by atoms with van der Waals surface area (Å²) in [5.74, 6) is -0.727. The number of rotatable bonds is 6. The minimum Gasteiger partial charge on any atom is -0.321 e. The number of halogens is 1. The van der Waals surface area contributed by atoms with Crippen molar-refractivity contribution < 1.29 is 18.0 Å². The highest BCUT2D eigenvalue weighted by Crippen LogP contribution is 2.27. The van der Waals surface area contributed by atoms with Crippen molar-refractivity contribution in [1.82, 2.24) is 4.31 Å². The van der Waals surface area contributed by atoms with Gasteiger partial charge < -0.3 is 5.32 Å². The summed E-state index contributed by atoms with van der Waals surface area (Å²) in [6.07, 6.45) is 2.70. The van der Waals surface area contributed by atoms with Gasteiger partial charge in [0.1, 0.15) is 0 Å². The predicted octanol–water partition coefficient (Wildman–Crippen LogP) is 5.39. The normalized spacial score (nSPS) is 16.7. The van der Waals surface area contributed by atoms with E-state index in [0.29, 0.717) is 22.8 Å². The van der Waals surface area contributed by atoms with Gasteiger partial charge in [-0.3, -0.25) is 9.59 Å². The molecule has 0 saturated carbocycles. The molecule has 0 bridgehead atoms. The van der Waals surface area contributed by atoms with Crippen LogP contribution in [-0.2, 0) is 10.0 Å². The van der Waals surface area contributed by atoms with E-state index in [9.17, 15) is 18.0 Å². The topological polar surface area (TPSA) is 83.6 Å². The number of nitrogens with zero attached hydrogens (tertiary/aromatic N) is 1. The van der Waals surface area contributed by atoms with E-state index in [-0.39, 0.29) is 27.8 Å². The van der Waals surface area contributed by atoms with E-state index < -0.39 is 15.9 Å². The van der Waals surface area contributed by atoms with Crippen molar-refractivity contribution in [3.63, 3.8) is 0 Å². The third-order valence-electron chi connectivity index (χ3n) is 5.98. The molecule has 6 nitrogen and oxygen atoms in total. The minimum atomic E-state index is -3.62. The highest BCUT2D eigenvalue weighted by Gasteiger charge is 2.31. The van der Waals surface area contributed by atoms with Gasteiger partial charge in [0, 0.05) is 34.3 Å². The van der Waals surface area contributed by atoms with Crippen molar-refractivity contribution in [2.24, 2.45) is 0 Å². The maximum absolute atomic E-state index is 13.0. The second-order valence-electron chi connectivity index (χ2n) is 8.32. The average Bonchev–Trinajstić information content (AvgIpc) is 2.85. The fraction of sp³-hybridized carbons (Fsp3) is 0.231. The Bertz CT molecular complexity index is 1310. The van der Waals surface area contributed by atoms with Gasteiger partial charge in [0.05, 0.1) is 10.6 Å². The number of benzene rings is 3. The van der Waals surface area contributed by atoms with Crippen molar-refractivity contribution in [1.29, 1.82) is 0 Å². The minimum absolute atomic E-state index is 0.0489. The summed E-state index contributed by atoms with van der Waals surface area (Å²) in [5, 5.41) is 3.13. The summed E-state index contributed by atoms with van der Waals surface area (Å²) >= 11 is 6.11. The van der Waals surface area contributed by atoms with Crippen molar-refractivity contribution in [2.45, 2.75) is 37.1 Å². The fourth-order valence-electron chi connectivity index (χ4n) is 4.10. The summed E-state index contributed by atoms with van der Waals surface area (Å²) < 4.78 is 27.6. The lowest BCUT2D eigenvalue weighted by atomic mass is 10.0. The number of piperidine rings is 1. The molecule has 0 aromatic heterocycles. The molecule has 3 aromatic rings. The van der Waals surface area contributed by atoms with Crippen molar-refractivity contribution in [2.75, 3.05) is 11.9 Å². The van der Waals surface area contributed by atoms with E-state index in [0.717, 1.165) is 19.3 Å². The van der Waals surface area contributed by atoms with Crippen LogP contribution in [-0.4, -0.2) is 37.0 Å². The molecule has 1 unspecified atom stereocenters. The Kier molecular flexibility index (Phi) is 7.16. The number of carbonyl (C=O) groups is 2. The van der Waals surface area contributed by atoms with Crippen LogP contribution in [0, 0.1) is 0 Å². The van der Waals surface area contributed by atoms with Gasteiger partial charge in [-0.05, 0) is 62.2 Å². The smallest absolute Gasteiger partial charge is 0.255 e. The Hall–Kier alpha value is -3.00. The number of hydrogen-bond acceptors (Lipinski definition) is 4. The Morgan fingerprint density at radius 3 is 2.32 bits per heavy atom. The first-order chi connectivity index (χ1) is 16.3. The molecule has 1 saturated heterocycles. The molecular weight excluding hydrogens is 472 g/mol. The van der Waals surface area contributed by atoms with E-state index in [1.54, 1.807) is 36.4 Å². The molecule has 0 spiro atoms. The van der Waals surface area contributed by atoms with Gasteiger partial charge in [0.15, 0.2) is 5.78 Å². The number of hydrogen-bond donors (Lipinski definition) is 1. The third kappa shape index (κ3) is 5.06. The third-order valence-corrected chi connectivity index (χ3v) is 8.24. The van der Waals surface area contributed by atoms with Crippen LogP contribution in [0.5, 0.6) is 0 Å². The van der Waals surface area contributed by atoms with Crippen LogP contribution in [0.25, 0.3) is 0 Å². The number of anilines is 1. The van der Waals surface area contributed by atoms with Crippen molar-refractivity contribution >= 4 is 39.0 Å². The van der Waals surface area contributed by atoms with Crippen molar-refractivity contribution in [3.8, 4) is 0 Å². The second-order valence-corrected chi connectivity index (χ2v) is 10.7. The van der Waals surface area contributed by atoms with E-state index in [1.165, 1.54) is 34.6 Å². The molecule has 1 amide bonds. The van der Waals surface area contributed by atoms with Gasteiger partial charge in [0.2, 0.25) is 10.0 Å². The van der Waals surface area contributed by atoms with Gasteiger partial charge >= 0.3 is 0 Å². The van der Waals surface area contributed by atoms with Crippen LogP contribution in [0.15, 0.2) is 77.7 Å². The number of amides is 1. The van der Waals surface area contributed by atoms with E-state index in [1.807, 2.05) is 13.0 Å². The standard InChI is InChI=1S/C26H25ClN2O4S/c1-18-7-5-6-16-29(18)34(32,33)22-13-10-20(11-14-22)26(31)28-24-15-12-21(27)17-23(24)25(30)19-8-3-2-4-9-19/h2-4,8-15,17-18H,5-7,16H2,1H3,(H,28,31). The number of carbonyl (C=O) groups excluding carboxylic acids is 2. The first-order valence-electron chi connectivity index (χ1n) is 11.1. The number of sulfonamides is 1. The second kappa shape index (κ2) is 10.1. The molecule has 176 valence electrons. The van der Waals surface area contributed by atoms with Crippen LogP contribution in [0.2, 0.25) is 5.02 Å². The van der Waals surface area contributed by atoms with Gasteiger partial charge in [0.25, 0.3) is 5.91 Å². The highest BCUT2D eigenvalue weighted by atomic mass is 35.5.